The maximum absolute atomic E-state index is 11.7. The summed E-state index contributed by atoms with van der Waals surface area (Å²) < 4.78 is 5.28. The van der Waals surface area contributed by atoms with E-state index < -0.39 is 5.79 Å². The molecule has 2 N–H and O–H groups in total. The number of carbonyl (C=O) groups is 1. The molecule has 1 unspecified atom stereocenters. The van der Waals surface area contributed by atoms with Crippen molar-refractivity contribution in [3.05, 3.63) is 23.3 Å². The second-order valence-electron chi connectivity index (χ2n) is 3.98. The van der Waals surface area contributed by atoms with Crippen molar-refractivity contribution in [3.63, 3.8) is 0 Å². The third-order valence-corrected chi connectivity index (χ3v) is 2.42. The first-order valence-electron chi connectivity index (χ1n) is 4.68. The van der Waals surface area contributed by atoms with Crippen LogP contribution in [0, 0.1) is 6.92 Å². The van der Waals surface area contributed by atoms with Crippen LogP contribution in [0.25, 0.3) is 0 Å². The normalized spacial score (nSPS) is 24.6. The van der Waals surface area contributed by atoms with Gasteiger partial charge < -0.3 is 14.9 Å². The van der Waals surface area contributed by atoms with Crippen molar-refractivity contribution in [2.75, 3.05) is 0 Å². The van der Waals surface area contributed by atoms with E-state index in [2.05, 4.69) is 0 Å². The molecule has 0 spiro atoms. The number of hydrogen-bond acceptors (Lipinski definition) is 4. The first-order valence-corrected chi connectivity index (χ1v) is 4.68. The maximum Gasteiger partial charge on any atom is 0.212 e. The van der Waals surface area contributed by atoms with Crippen molar-refractivity contribution in [3.8, 4) is 11.5 Å². The summed E-state index contributed by atoms with van der Waals surface area (Å²) in [7, 11) is 0. The van der Waals surface area contributed by atoms with Gasteiger partial charge in [-0.1, -0.05) is 6.07 Å². The van der Waals surface area contributed by atoms with E-state index >= 15 is 0 Å². The number of aliphatic hydroxyl groups is 1. The highest BCUT2D eigenvalue weighted by atomic mass is 16.6. The summed E-state index contributed by atoms with van der Waals surface area (Å²) in [4.78, 5) is 11.7. The summed E-state index contributed by atoms with van der Waals surface area (Å²) in [5.74, 6) is -1.61. The van der Waals surface area contributed by atoms with Gasteiger partial charge in [0.15, 0.2) is 5.78 Å². The topological polar surface area (TPSA) is 66.8 Å². The van der Waals surface area contributed by atoms with E-state index in [1.54, 1.807) is 13.0 Å². The number of fused-ring (bicyclic) bond motifs is 1. The fraction of sp³-hybridized carbons (Fsp3) is 0.364. The van der Waals surface area contributed by atoms with Crippen molar-refractivity contribution in [1.82, 2.24) is 0 Å². The number of carbonyl (C=O) groups excluding carboxylic acids is 1. The Morgan fingerprint density at radius 1 is 1.47 bits per heavy atom. The van der Waals surface area contributed by atoms with Gasteiger partial charge in [-0.3, -0.25) is 4.79 Å². The fourth-order valence-corrected chi connectivity index (χ4v) is 1.72. The van der Waals surface area contributed by atoms with Gasteiger partial charge in [0, 0.05) is 6.92 Å². The number of rotatable bonds is 0. The molecule has 1 aromatic carbocycles. The van der Waals surface area contributed by atoms with Crippen molar-refractivity contribution >= 4 is 5.78 Å². The van der Waals surface area contributed by atoms with E-state index in [0.717, 1.165) is 5.56 Å². The average molecular weight is 208 g/mol. The molecule has 0 aliphatic carbocycles. The van der Waals surface area contributed by atoms with Crippen LogP contribution in [0.15, 0.2) is 12.1 Å². The van der Waals surface area contributed by atoms with Gasteiger partial charge in [0.1, 0.15) is 17.1 Å². The summed E-state index contributed by atoms with van der Waals surface area (Å²) in [6.45, 7) is 3.18. The number of Topliss-reactive ketones (excluding diaryl/α,β-unsaturated/α-hetero) is 1. The smallest absolute Gasteiger partial charge is 0.212 e. The van der Waals surface area contributed by atoms with E-state index in [0.29, 0.717) is 0 Å². The van der Waals surface area contributed by atoms with Crippen molar-refractivity contribution in [2.24, 2.45) is 0 Å². The van der Waals surface area contributed by atoms with Crippen LogP contribution < -0.4 is 4.74 Å². The lowest BCUT2D eigenvalue weighted by atomic mass is 9.96. The number of ether oxygens (including phenoxy) is 1. The average Bonchev–Trinajstić information content (AvgIpc) is 2.09. The predicted molar refractivity (Wildman–Crippen MR) is 53.0 cm³/mol. The summed E-state index contributed by atoms with van der Waals surface area (Å²) in [6, 6.07) is 3.10. The number of phenols is 1. The molecular formula is C11H12O4. The minimum absolute atomic E-state index is 0.101. The highest BCUT2D eigenvalue weighted by molar-refractivity contribution is 6.03. The standard InChI is InChI=1S/C11H12O4/c1-6-3-4-7(12)9-8(13)5-11(2,14)15-10(6)9/h3-4,12,14H,5H2,1-2H3. The Labute approximate surface area is 87.1 Å². The molecule has 0 fully saturated rings. The largest absolute Gasteiger partial charge is 0.507 e. The second kappa shape index (κ2) is 2.97. The lowest BCUT2D eigenvalue weighted by Crippen LogP contribution is -2.39. The van der Waals surface area contributed by atoms with Crippen LogP contribution in [0.5, 0.6) is 11.5 Å². The van der Waals surface area contributed by atoms with Gasteiger partial charge in [-0.15, -0.1) is 0 Å². The van der Waals surface area contributed by atoms with E-state index in [1.807, 2.05) is 0 Å². The minimum atomic E-state index is -1.48. The summed E-state index contributed by atoms with van der Waals surface area (Å²) in [6.07, 6.45) is -0.142. The van der Waals surface area contributed by atoms with Gasteiger partial charge in [-0.25, -0.2) is 0 Å². The van der Waals surface area contributed by atoms with E-state index in [9.17, 15) is 15.0 Å². The van der Waals surface area contributed by atoms with E-state index in [1.165, 1.54) is 13.0 Å². The maximum atomic E-state index is 11.7. The van der Waals surface area contributed by atoms with Crippen LogP contribution in [0.2, 0.25) is 0 Å². The third kappa shape index (κ3) is 1.57. The van der Waals surface area contributed by atoms with Crippen LogP contribution in [-0.4, -0.2) is 21.8 Å². The molecule has 15 heavy (non-hydrogen) atoms. The lowest BCUT2D eigenvalue weighted by Gasteiger charge is -2.31. The molecule has 80 valence electrons. The van der Waals surface area contributed by atoms with Gasteiger partial charge in [-0.2, -0.15) is 0 Å². The van der Waals surface area contributed by atoms with Crippen molar-refractivity contribution in [2.45, 2.75) is 26.1 Å². The van der Waals surface area contributed by atoms with Gasteiger partial charge in [0.25, 0.3) is 0 Å². The molecule has 1 heterocycles. The molecule has 0 aromatic heterocycles. The van der Waals surface area contributed by atoms with Gasteiger partial charge in [0.05, 0.1) is 6.42 Å². The number of aryl methyl sites for hydroxylation is 1. The number of ketones is 1. The molecule has 4 heteroatoms. The summed E-state index contributed by atoms with van der Waals surface area (Å²) >= 11 is 0. The number of hydrogen-bond donors (Lipinski definition) is 2. The van der Waals surface area contributed by atoms with Crippen LogP contribution in [-0.2, 0) is 0 Å². The highest BCUT2D eigenvalue weighted by Crippen LogP contribution is 2.39. The Hall–Kier alpha value is -1.55. The number of aromatic hydroxyl groups is 1. The monoisotopic (exact) mass is 208 g/mol. The minimum Gasteiger partial charge on any atom is -0.507 e. The second-order valence-corrected chi connectivity index (χ2v) is 3.98. The molecule has 0 radical (unpaired) electrons. The van der Waals surface area contributed by atoms with Gasteiger partial charge >= 0.3 is 0 Å². The van der Waals surface area contributed by atoms with Gasteiger partial charge in [-0.05, 0) is 18.6 Å². The predicted octanol–water partition coefficient (Wildman–Crippen LogP) is 1.37. The zero-order valence-corrected chi connectivity index (χ0v) is 8.57. The van der Waals surface area contributed by atoms with Crippen LogP contribution in [0.1, 0.15) is 29.3 Å². The molecule has 1 atom stereocenters. The molecule has 0 bridgehead atoms. The quantitative estimate of drug-likeness (QED) is 0.675. The molecule has 0 saturated carbocycles. The van der Waals surface area contributed by atoms with E-state index in [4.69, 9.17) is 4.74 Å². The zero-order chi connectivity index (χ0) is 11.2. The van der Waals surface area contributed by atoms with Crippen LogP contribution in [0.3, 0.4) is 0 Å². The Kier molecular flexibility index (Phi) is 1.98. The Morgan fingerprint density at radius 2 is 2.13 bits per heavy atom. The fourth-order valence-electron chi connectivity index (χ4n) is 1.72. The molecule has 1 aromatic rings. The molecule has 2 rings (SSSR count). The SMILES string of the molecule is Cc1ccc(O)c2c1OC(C)(O)CC2=O. The molecular weight excluding hydrogens is 196 g/mol. The van der Waals surface area contributed by atoms with E-state index in [-0.39, 0.29) is 29.3 Å². The molecule has 0 amide bonds. The first kappa shape index (κ1) is 9.98. The number of benzene rings is 1. The molecule has 1 aliphatic rings. The Morgan fingerprint density at radius 3 is 2.80 bits per heavy atom. The molecule has 4 nitrogen and oxygen atoms in total. The summed E-state index contributed by atoms with van der Waals surface area (Å²) in [5.41, 5.74) is 0.887. The Balaban J connectivity index is 2.64. The molecule has 1 aliphatic heterocycles. The number of phenolic OH excluding ortho intramolecular Hbond substituents is 1. The van der Waals surface area contributed by atoms with Crippen LogP contribution >= 0.6 is 0 Å². The van der Waals surface area contributed by atoms with Crippen LogP contribution in [0.4, 0.5) is 0 Å². The van der Waals surface area contributed by atoms with Crippen molar-refractivity contribution < 1.29 is 19.7 Å². The highest BCUT2D eigenvalue weighted by Gasteiger charge is 2.36. The summed E-state index contributed by atoms with van der Waals surface area (Å²) in [5, 5.41) is 19.2. The zero-order valence-electron chi connectivity index (χ0n) is 8.57. The lowest BCUT2D eigenvalue weighted by molar-refractivity contribution is -0.123. The Bertz CT molecular complexity index is 434. The first-order chi connectivity index (χ1) is 6.91. The van der Waals surface area contributed by atoms with Gasteiger partial charge in [0.2, 0.25) is 5.79 Å². The molecule has 0 saturated heterocycles. The third-order valence-electron chi connectivity index (χ3n) is 2.42. The van der Waals surface area contributed by atoms with Crippen molar-refractivity contribution in [1.29, 1.82) is 0 Å².